The van der Waals surface area contributed by atoms with Gasteiger partial charge in [-0.05, 0) is 45.2 Å². The maximum Gasteiger partial charge on any atom is 0.408 e. The molecule has 1 heterocycles. The fraction of sp³-hybridized carbons (Fsp3) is 0.510. The van der Waals surface area contributed by atoms with Crippen molar-refractivity contribution in [2.45, 2.75) is 96.9 Å². The number of amides is 2. The molecular weight excluding hydrogens is 857 g/mol. The van der Waals surface area contributed by atoms with Crippen molar-refractivity contribution in [3.05, 3.63) is 120 Å². The zero-order valence-electron chi connectivity index (χ0n) is 39.3. The highest BCUT2D eigenvalue weighted by Crippen LogP contribution is 2.20. The summed E-state index contributed by atoms with van der Waals surface area (Å²) in [5, 5.41) is 14.7. The molecule has 366 valence electrons. The number of rotatable bonds is 26. The van der Waals surface area contributed by atoms with Crippen LogP contribution in [0.5, 0.6) is 0 Å². The van der Waals surface area contributed by atoms with Crippen LogP contribution in [-0.4, -0.2) is 138 Å². The zero-order valence-corrected chi connectivity index (χ0v) is 39.3. The van der Waals surface area contributed by atoms with Crippen LogP contribution in [0.15, 0.2) is 109 Å². The van der Waals surface area contributed by atoms with Crippen molar-refractivity contribution >= 4 is 24.1 Å². The van der Waals surface area contributed by atoms with Gasteiger partial charge in [0.2, 0.25) is 0 Å². The van der Waals surface area contributed by atoms with Gasteiger partial charge in [0, 0.05) is 0 Å². The second-order valence-electron chi connectivity index (χ2n) is 15.8. The van der Waals surface area contributed by atoms with Crippen LogP contribution in [-0.2, 0) is 70.2 Å². The van der Waals surface area contributed by atoms with Crippen LogP contribution in [0.1, 0.15) is 52.2 Å². The van der Waals surface area contributed by atoms with E-state index in [1.54, 1.807) is 13.8 Å². The molecule has 1 aliphatic heterocycles. The Balaban J connectivity index is 0.000000453. The van der Waals surface area contributed by atoms with Gasteiger partial charge in [-0.3, -0.25) is 0 Å². The van der Waals surface area contributed by atoms with Gasteiger partial charge in [-0.1, -0.05) is 116 Å². The summed E-state index contributed by atoms with van der Waals surface area (Å²) < 4.78 is 55.6. The number of methoxy groups -OCH3 is 1. The molecule has 2 aromatic carbocycles. The molecule has 0 bridgehead atoms. The lowest BCUT2D eigenvalue weighted by molar-refractivity contribution is -0.168. The second kappa shape index (κ2) is 32.3. The fourth-order valence-electron chi connectivity index (χ4n) is 5.73. The van der Waals surface area contributed by atoms with Gasteiger partial charge in [-0.2, -0.15) is 0 Å². The van der Waals surface area contributed by atoms with Gasteiger partial charge in [0.15, 0.2) is 12.1 Å². The average Bonchev–Trinajstić information content (AvgIpc) is 3.35. The Labute approximate surface area is 389 Å². The summed E-state index contributed by atoms with van der Waals surface area (Å²) in [6, 6.07) is 16.3. The first-order valence-corrected chi connectivity index (χ1v) is 21.6. The van der Waals surface area contributed by atoms with Crippen LogP contribution in [0, 0.1) is 0 Å². The first-order valence-electron chi connectivity index (χ1n) is 21.6. The van der Waals surface area contributed by atoms with Gasteiger partial charge in [0.05, 0.1) is 66.6 Å². The highest BCUT2D eigenvalue weighted by atomic mass is 16.6. The Bertz CT molecular complexity index is 1810. The van der Waals surface area contributed by atoms with E-state index in [2.05, 4.69) is 36.9 Å². The van der Waals surface area contributed by atoms with Crippen LogP contribution in [0.2, 0.25) is 0 Å². The number of nitrogens with one attached hydrogen (secondary N) is 2. The minimum Gasteiger partial charge on any atom is -0.467 e. The highest BCUT2D eigenvalue weighted by molar-refractivity contribution is 5.82. The molecule has 0 spiro atoms. The van der Waals surface area contributed by atoms with Crippen molar-refractivity contribution in [1.82, 2.24) is 10.6 Å². The number of ether oxygens (including phenoxy) is 10. The van der Waals surface area contributed by atoms with Crippen molar-refractivity contribution in [1.29, 1.82) is 0 Å². The van der Waals surface area contributed by atoms with Crippen LogP contribution in [0.25, 0.3) is 0 Å². The molecule has 7 atom stereocenters. The van der Waals surface area contributed by atoms with Crippen molar-refractivity contribution < 1.29 is 71.7 Å². The average molecular weight is 927 g/mol. The smallest absolute Gasteiger partial charge is 0.408 e. The number of hydrogen-bond donors (Lipinski definition) is 3. The molecule has 3 N–H and O–H groups in total. The number of benzene rings is 2. The number of aliphatic hydroxyl groups is 1. The van der Waals surface area contributed by atoms with Gasteiger partial charge in [0.1, 0.15) is 43.7 Å². The predicted octanol–water partition coefficient (Wildman–Crippen LogP) is 5.94. The summed E-state index contributed by atoms with van der Waals surface area (Å²) in [7, 11) is 1.21. The third-order valence-corrected chi connectivity index (χ3v) is 9.06. The number of cyclic esters (lactones) is 1. The molecule has 2 amide bonds. The summed E-state index contributed by atoms with van der Waals surface area (Å²) in [6.45, 7) is 25.3. The molecule has 66 heavy (non-hydrogen) atoms. The van der Waals surface area contributed by atoms with Gasteiger partial charge in [-0.15, -0.1) is 0 Å². The van der Waals surface area contributed by atoms with Crippen LogP contribution in [0.4, 0.5) is 9.59 Å². The maximum atomic E-state index is 12.9. The Morgan fingerprint density at radius 3 is 1.79 bits per heavy atom. The molecule has 17 nitrogen and oxygen atoms in total. The van der Waals surface area contributed by atoms with Crippen LogP contribution < -0.4 is 10.6 Å². The quantitative estimate of drug-likeness (QED) is 0.0567. The first kappa shape index (κ1) is 56.7. The summed E-state index contributed by atoms with van der Waals surface area (Å²) in [6.07, 6.45) is -4.02. The molecule has 1 saturated heterocycles. The fourth-order valence-corrected chi connectivity index (χ4v) is 5.73. The number of esters is 2. The molecule has 0 radical (unpaired) electrons. The Morgan fingerprint density at radius 2 is 1.27 bits per heavy atom. The Kier molecular flexibility index (Phi) is 27.8. The lowest BCUT2D eigenvalue weighted by Gasteiger charge is -2.32. The monoisotopic (exact) mass is 926 g/mol. The van der Waals surface area contributed by atoms with Crippen molar-refractivity contribution in [3.63, 3.8) is 0 Å². The third-order valence-electron chi connectivity index (χ3n) is 9.06. The molecule has 0 aromatic heterocycles. The molecule has 1 aliphatic rings. The van der Waals surface area contributed by atoms with Crippen LogP contribution >= 0.6 is 0 Å². The second-order valence-corrected chi connectivity index (χ2v) is 15.8. The van der Waals surface area contributed by atoms with E-state index < -0.39 is 66.7 Å². The third kappa shape index (κ3) is 23.7. The molecule has 17 heteroatoms. The van der Waals surface area contributed by atoms with E-state index in [1.165, 1.54) is 7.11 Å². The molecular formula is C49H70N2O15. The van der Waals surface area contributed by atoms with Gasteiger partial charge in [0.25, 0.3) is 0 Å². The topological polar surface area (TPSA) is 205 Å². The summed E-state index contributed by atoms with van der Waals surface area (Å²) in [5.41, 5.74) is 4.89. The van der Waals surface area contributed by atoms with E-state index in [1.807, 2.05) is 81.4 Å². The first-order chi connectivity index (χ1) is 31.6. The number of aliphatic hydroxyl groups excluding tert-OH is 1. The largest absolute Gasteiger partial charge is 0.467 e. The molecule has 2 aromatic rings. The predicted molar refractivity (Wildman–Crippen MR) is 246 cm³/mol. The lowest BCUT2D eigenvalue weighted by atomic mass is 10.1. The molecule has 0 saturated carbocycles. The highest BCUT2D eigenvalue weighted by Gasteiger charge is 2.38. The Hall–Kier alpha value is -5.40. The van der Waals surface area contributed by atoms with E-state index in [-0.39, 0.29) is 59.5 Å². The Morgan fingerprint density at radius 1 is 0.742 bits per heavy atom. The normalized spacial score (nSPS) is 18.4. The number of hydrogen-bond acceptors (Lipinski definition) is 15. The van der Waals surface area contributed by atoms with E-state index in [4.69, 9.17) is 47.4 Å². The summed E-state index contributed by atoms with van der Waals surface area (Å²) in [5.74, 6) is -1.31. The number of carbonyl (C=O) groups excluding carboxylic acids is 4. The van der Waals surface area contributed by atoms with E-state index >= 15 is 0 Å². The lowest BCUT2D eigenvalue weighted by Crippen LogP contribution is -2.47. The molecule has 1 fully saturated rings. The van der Waals surface area contributed by atoms with E-state index in [9.17, 15) is 24.3 Å². The van der Waals surface area contributed by atoms with Crippen molar-refractivity contribution in [3.8, 4) is 0 Å². The summed E-state index contributed by atoms with van der Waals surface area (Å²) in [4.78, 5) is 49.4. The van der Waals surface area contributed by atoms with Gasteiger partial charge >= 0.3 is 24.1 Å². The minimum atomic E-state index is -1.09. The van der Waals surface area contributed by atoms with Crippen molar-refractivity contribution in [2.24, 2.45) is 0 Å². The van der Waals surface area contributed by atoms with E-state index in [0.717, 1.165) is 33.4 Å². The van der Waals surface area contributed by atoms with E-state index in [0.29, 0.717) is 19.6 Å². The molecule has 3 rings (SSSR count). The standard InChI is InChI=1S/C25H35NO7.C24H35NO8/c1-6-21-23(31-13-18(4)5)22(30-12-17(2)3)16-29-15-20(24(27)33-21)26-25(28)32-14-19-10-8-7-9-11-19;1-17(2)12-31-21(11-26)22(32-13-18(3)4)16-30-15-20(23(27)29-5)25-24(28)33-14-19-9-7-6-8-10-19/h7-11,20-23H,2,4,6,12-16H2,1,3,5H3,(H,26,28);6-10,20-22,26H,1,3,11-16H2,2,4-5H3,(H,25,28)/t20-,21-,22-,23-;20-,21-,22-/m00/s1. The maximum absolute atomic E-state index is 12.9. The number of alkyl carbamates (subject to hydrolysis) is 2. The minimum absolute atomic E-state index is 0.0110. The van der Waals surface area contributed by atoms with Crippen LogP contribution in [0.3, 0.4) is 0 Å². The van der Waals surface area contributed by atoms with Gasteiger partial charge < -0.3 is 63.1 Å². The van der Waals surface area contributed by atoms with Gasteiger partial charge in [-0.25, -0.2) is 19.2 Å². The zero-order chi connectivity index (χ0) is 48.9. The SMILES string of the molecule is C=C(C)CO[C@@H](CO)[C@H](COC[C@H](NC(=O)OCc1ccccc1)C(=O)OC)OCC(=C)C.C=C(C)CO[C@@H]1[C@@H](OCC(=C)C)COC[C@H](NC(=O)OCc2ccccc2)C(=O)O[C@H]1CC. The number of carbonyl (C=O) groups is 4. The molecule has 0 unspecified atom stereocenters. The summed E-state index contributed by atoms with van der Waals surface area (Å²) >= 11 is 0. The molecule has 0 aliphatic carbocycles. The van der Waals surface area contributed by atoms with Crippen molar-refractivity contribution in [2.75, 3.05) is 66.6 Å².